The summed E-state index contributed by atoms with van der Waals surface area (Å²) in [5.74, 6) is 0.809. The van der Waals surface area contributed by atoms with Crippen molar-refractivity contribution in [2.75, 3.05) is 0 Å². The second-order valence-electron chi connectivity index (χ2n) is 3.54. The Morgan fingerprint density at radius 1 is 1.12 bits per heavy atom. The van der Waals surface area contributed by atoms with E-state index in [-0.39, 0.29) is 12.4 Å². The van der Waals surface area contributed by atoms with Crippen LogP contribution in [0.1, 0.15) is 17.1 Å². The van der Waals surface area contributed by atoms with Crippen LogP contribution in [0.5, 0.6) is 0 Å². The maximum Gasteiger partial charge on any atom is 0.188 e. The first-order valence-electron chi connectivity index (χ1n) is 5.09. The summed E-state index contributed by atoms with van der Waals surface area (Å²) < 4.78 is 0. The van der Waals surface area contributed by atoms with Crippen LogP contribution in [0.25, 0.3) is 0 Å². The Morgan fingerprint density at radius 3 is 2.41 bits per heavy atom. The lowest BCUT2D eigenvalue weighted by Crippen LogP contribution is -1.93. The minimum absolute atomic E-state index is 0. The molecule has 2 aromatic rings. The molecule has 0 N–H and O–H groups in total. The van der Waals surface area contributed by atoms with Crippen molar-refractivity contribution in [1.29, 1.82) is 0 Å². The van der Waals surface area contributed by atoms with Crippen LogP contribution in [0.3, 0.4) is 0 Å². The molecule has 2 rings (SSSR count). The van der Waals surface area contributed by atoms with Gasteiger partial charge in [0.05, 0.1) is 5.69 Å². The lowest BCUT2D eigenvalue weighted by atomic mass is 10.4. The average molecular weight is 268 g/mol. The van der Waals surface area contributed by atoms with Crippen molar-refractivity contribution >= 4 is 24.2 Å². The molecule has 0 atom stereocenters. The third kappa shape index (κ3) is 4.32. The molecular weight excluding hydrogens is 254 g/mol. The molecule has 0 aliphatic heterocycles. The molecule has 0 fully saturated rings. The number of thioether (sulfide) groups is 1. The fraction of sp³-hybridized carbons (Fsp3) is 0.250. The fourth-order valence-electron chi connectivity index (χ4n) is 1.38. The molecular formula is C12H14ClN3S. The van der Waals surface area contributed by atoms with Crippen LogP contribution < -0.4 is 0 Å². The van der Waals surface area contributed by atoms with Crippen molar-refractivity contribution < 1.29 is 0 Å². The third-order valence-corrected chi connectivity index (χ3v) is 2.92. The molecule has 0 spiro atoms. The van der Waals surface area contributed by atoms with Gasteiger partial charge in [-0.2, -0.15) is 0 Å². The minimum atomic E-state index is 0. The monoisotopic (exact) mass is 267 g/mol. The van der Waals surface area contributed by atoms with Crippen LogP contribution in [0.15, 0.2) is 35.6 Å². The van der Waals surface area contributed by atoms with Crippen LogP contribution in [0, 0.1) is 13.8 Å². The minimum Gasteiger partial charge on any atom is -0.260 e. The quantitative estimate of drug-likeness (QED) is 0.632. The maximum absolute atomic E-state index is 4.37. The molecule has 5 heteroatoms. The number of pyridine rings is 1. The van der Waals surface area contributed by atoms with Gasteiger partial charge in [-0.25, -0.2) is 9.97 Å². The van der Waals surface area contributed by atoms with Gasteiger partial charge in [-0.1, -0.05) is 17.8 Å². The number of halogens is 1. The van der Waals surface area contributed by atoms with Crippen molar-refractivity contribution in [2.24, 2.45) is 0 Å². The van der Waals surface area contributed by atoms with Crippen molar-refractivity contribution in [1.82, 2.24) is 15.0 Å². The molecule has 0 amide bonds. The van der Waals surface area contributed by atoms with E-state index < -0.39 is 0 Å². The van der Waals surface area contributed by atoms with Gasteiger partial charge in [0.2, 0.25) is 0 Å². The summed E-state index contributed by atoms with van der Waals surface area (Å²) in [6.45, 7) is 3.97. The molecule has 2 heterocycles. The molecule has 17 heavy (non-hydrogen) atoms. The predicted octanol–water partition coefficient (Wildman–Crippen LogP) is 3.20. The molecule has 0 saturated carbocycles. The van der Waals surface area contributed by atoms with Gasteiger partial charge in [0.25, 0.3) is 0 Å². The molecule has 0 saturated heterocycles. The van der Waals surface area contributed by atoms with Crippen molar-refractivity contribution in [2.45, 2.75) is 24.8 Å². The highest BCUT2D eigenvalue weighted by Gasteiger charge is 2.01. The number of aromatic nitrogens is 3. The van der Waals surface area contributed by atoms with Gasteiger partial charge in [0.15, 0.2) is 5.16 Å². The Kier molecular flexibility index (Phi) is 5.38. The number of nitrogens with zero attached hydrogens (tertiary/aromatic N) is 3. The zero-order chi connectivity index (χ0) is 11.4. The molecule has 2 aromatic heterocycles. The van der Waals surface area contributed by atoms with Crippen molar-refractivity contribution in [3.05, 3.63) is 47.5 Å². The predicted molar refractivity (Wildman–Crippen MR) is 72.6 cm³/mol. The van der Waals surface area contributed by atoms with E-state index in [0.29, 0.717) is 0 Å². The van der Waals surface area contributed by atoms with E-state index in [1.807, 2.05) is 38.1 Å². The Morgan fingerprint density at radius 2 is 1.82 bits per heavy atom. The summed E-state index contributed by atoms with van der Waals surface area (Å²) in [4.78, 5) is 13.0. The maximum atomic E-state index is 4.37. The molecule has 0 radical (unpaired) electrons. The first-order chi connectivity index (χ1) is 7.74. The summed E-state index contributed by atoms with van der Waals surface area (Å²) >= 11 is 1.62. The van der Waals surface area contributed by atoms with Gasteiger partial charge in [-0.05, 0) is 32.0 Å². The number of hydrogen-bond donors (Lipinski definition) is 0. The Balaban J connectivity index is 0.00000144. The van der Waals surface area contributed by atoms with Crippen LogP contribution in [-0.4, -0.2) is 15.0 Å². The highest BCUT2D eigenvalue weighted by atomic mass is 35.5. The van der Waals surface area contributed by atoms with Crippen LogP contribution >= 0.6 is 24.2 Å². The molecule has 90 valence electrons. The van der Waals surface area contributed by atoms with Gasteiger partial charge in [-0.15, -0.1) is 12.4 Å². The summed E-state index contributed by atoms with van der Waals surface area (Å²) in [6, 6.07) is 7.90. The second-order valence-corrected chi connectivity index (χ2v) is 4.49. The average Bonchev–Trinajstić information content (AvgIpc) is 2.27. The van der Waals surface area contributed by atoms with Gasteiger partial charge in [-0.3, -0.25) is 4.98 Å². The molecule has 0 aliphatic carbocycles. The highest BCUT2D eigenvalue weighted by Crippen LogP contribution is 2.18. The summed E-state index contributed by atoms with van der Waals surface area (Å²) in [7, 11) is 0. The van der Waals surface area contributed by atoms with E-state index in [1.54, 1.807) is 18.0 Å². The molecule has 0 aliphatic rings. The Labute approximate surface area is 112 Å². The van der Waals surface area contributed by atoms with Crippen LogP contribution in [0.4, 0.5) is 0 Å². The van der Waals surface area contributed by atoms with Gasteiger partial charge >= 0.3 is 0 Å². The van der Waals surface area contributed by atoms with Gasteiger partial charge in [0.1, 0.15) is 0 Å². The third-order valence-electron chi connectivity index (χ3n) is 2.04. The van der Waals surface area contributed by atoms with Crippen molar-refractivity contribution in [3.63, 3.8) is 0 Å². The Hall–Kier alpha value is -1.13. The van der Waals surface area contributed by atoms with E-state index in [4.69, 9.17) is 0 Å². The van der Waals surface area contributed by atoms with E-state index >= 15 is 0 Å². The summed E-state index contributed by atoms with van der Waals surface area (Å²) in [5, 5.41) is 0.822. The number of rotatable bonds is 3. The molecule has 0 bridgehead atoms. The largest absolute Gasteiger partial charge is 0.260 e. The lowest BCUT2D eigenvalue weighted by molar-refractivity contribution is 0.901. The summed E-state index contributed by atoms with van der Waals surface area (Å²) in [5.41, 5.74) is 3.07. The van der Waals surface area contributed by atoms with E-state index in [1.165, 1.54) is 0 Å². The number of aryl methyl sites for hydroxylation is 2. The normalized spacial score (nSPS) is 9.76. The first kappa shape index (κ1) is 13.9. The molecule has 3 nitrogen and oxygen atoms in total. The topological polar surface area (TPSA) is 38.7 Å². The standard InChI is InChI=1S/C12H13N3S.ClH/c1-9-7-10(2)15-12(14-9)16-8-11-5-3-4-6-13-11;/h3-7H,8H2,1-2H3;1H. The van der Waals surface area contributed by atoms with E-state index in [9.17, 15) is 0 Å². The fourth-order valence-corrected chi connectivity index (χ4v) is 2.24. The van der Waals surface area contributed by atoms with Gasteiger partial charge < -0.3 is 0 Å². The van der Waals surface area contributed by atoms with Gasteiger partial charge in [0, 0.05) is 23.3 Å². The molecule has 0 aromatic carbocycles. The zero-order valence-corrected chi connectivity index (χ0v) is 11.4. The lowest BCUT2D eigenvalue weighted by Gasteiger charge is -2.02. The van der Waals surface area contributed by atoms with E-state index in [0.717, 1.165) is 28.0 Å². The zero-order valence-electron chi connectivity index (χ0n) is 9.75. The van der Waals surface area contributed by atoms with E-state index in [2.05, 4.69) is 15.0 Å². The molecule has 0 unspecified atom stereocenters. The smallest absolute Gasteiger partial charge is 0.188 e. The van der Waals surface area contributed by atoms with Crippen LogP contribution in [-0.2, 0) is 5.75 Å². The second kappa shape index (κ2) is 6.57. The first-order valence-corrected chi connectivity index (χ1v) is 6.07. The number of hydrogen-bond acceptors (Lipinski definition) is 4. The highest BCUT2D eigenvalue weighted by molar-refractivity contribution is 7.98. The SMILES string of the molecule is Cc1cc(C)nc(SCc2ccccn2)n1.Cl. The Bertz CT molecular complexity index is 456. The van der Waals surface area contributed by atoms with Crippen LogP contribution in [0.2, 0.25) is 0 Å². The van der Waals surface area contributed by atoms with Crippen molar-refractivity contribution in [3.8, 4) is 0 Å². The summed E-state index contributed by atoms with van der Waals surface area (Å²) in [6.07, 6.45) is 1.80.